The minimum Gasteiger partial charge on any atom is -0.496 e. The second kappa shape index (κ2) is 3.88. The Hall–Kier alpha value is -1.22. The first kappa shape index (κ1) is 9.34. The Morgan fingerprint density at radius 3 is 2.86 bits per heavy atom. The molecule has 14 heavy (non-hydrogen) atoms. The Morgan fingerprint density at radius 2 is 2.21 bits per heavy atom. The summed E-state index contributed by atoms with van der Waals surface area (Å²) >= 11 is 0. The van der Waals surface area contributed by atoms with Crippen molar-refractivity contribution in [2.45, 2.75) is 25.6 Å². The van der Waals surface area contributed by atoms with E-state index in [1.54, 1.807) is 7.11 Å². The highest BCUT2D eigenvalue weighted by atomic mass is 16.5. The van der Waals surface area contributed by atoms with Gasteiger partial charge in [0.25, 0.3) is 0 Å². The molecule has 3 heteroatoms. The van der Waals surface area contributed by atoms with E-state index in [1.807, 2.05) is 18.2 Å². The summed E-state index contributed by atoms with van der Waals surface area (Å²) in [6.45, 7) is 0.596. The summed E-state index contributed by atoms with van der Waals surface area (Å²) in [5.41, 5.74) is 7.47. The molecule has 1 aromatic rings. The van der Waals surface area contributed by atoms with Gasteiger partial charge in [-0.15, -0.1) is 0 Å². The Labute approximate surface area is 83.8 Å². The van der Waals surface area contributed by atoms with Crippen molar-refractivity contribution in [3.05, 3.63) is 23.8 Å². The van der Waals surface area contributed by atoms with Crippen molar-refractivity contribution in [2.24, 2.45) is 0 Å². The lowest BCUT2D eigenvalue weighted by Gasteiger charge is -2.09. The van der Waals surface area contributed by atoms with E-state index >= 15 is 0 Å². The quantitative estimate of drug-likeness (QED) is 0.743. The van der Waals surface area contributed by atoms with Crippen molar-refractivity contribution in [3.63, 3.8) is 0 Å². The number of ether oxygens (including phenoxy) is 2. The number of nitrogen functional groups attached to an aromatic ring is 1. The number of hydrogen-bond donors (Lipinski definition) is 1. The number of rotatable bonds is 4. The monoisotopic (exact) mass is 193 g/mol. The zero-order chi connectivity index (χ0) is 9.97. The van der Waals surface area contributed by atoms with Crippen LogP contribution in [-0.4, -0.2) is 13.2 Å². The maximum atomic E-state index is 5.69. The fourth-order valence-corrected chi connectivity index (χ4v) is 1.35. The smallest absolute Gasteiger partial charge is 0.124 e. The average Bonchev–Trinajstić information content (AvgIpc) is 2.98. The highest BCUT2D eigenvalue weighted by Gasteiger charge is 2.22. The van der Waals surface area contributed by atoms with E-state index < -0.39 is 0 Å². The number of hydrogen-bond acceptors (Lipinski definition) is 3. The molecule has 1 aliphatic carbocycles. The molecule has 1 aliphatic rings. The van der Waals surface area contributed by atoms with E-state index in [4.69, 9.17) is 15.2 Å². The van der Waals surface area contributed by atoms with Gasteiger partial charge in [0.05, 0.1) is 19.8 Å². The van der Waals surface area contributed by atoms with Gasteiger partial charge in [0.15, 0.2) is 0 Å². The van der Waals surface area contributed by atoms with Crippen LogP contribution in [0, 0.1) is 0 Å². The van der Waals surface area contributed by atoms with Crippen molar-refractivity contribution in [2.75, 3.05) is 12.8 Å². The topological polar surface area (TPSA) is 44.5 Å². The first-order valence-electron chi connectivity index (χ1n) is 4.83. The van der Waals surface area contributed by atoms with Crippen LogP contribution < -0.4 is 10.5 Å². The molecule has 0 radical (unpaired) electrons. The van der Waals surface area contributed by atoms with Crippen molar-refractivity contribution in [1.29, 1.82) is 0 Å². The molecule has 76 valence electrons. The van der Waals surface area contributed by atoms with E-state index in [0.29, 0.717) is 12.7 Å². The van der Waals surface area contributed by atoms with E-state index in [9.17, 15) is 0 Å². The van der Waals surface area contributed by atoms with Gasteiger partial charge >= 0.3 is 0 Å². The van der Waals surface area contributed by atoms with Gasteiger partial charge in [-0.05, 0) is 31.0 Å². The zero-order valence-corrected chi connectivity index (χ0v) is 8.32. The van der Waals surface area contributed by atoms with Crippen LogP contribution >= 0.6 is 0 Å². The second-order valence-corrected chi connectivity index (χ2v) is 3.58. The summed E-state index contributed by atoms with van der Waals surface area (Å²) in [7, 11) is 1.66. The molecule has 1 fully saturated rings. The van der Waals surface area contributed by atoms with Crippen LogP contribution in [0.4, 0.5) is 5.69 Å². The molecule has 0 atom stereocenters. The lowest BCUT2D eigenvalue weighted by molar-refractivity contribution is 0.104. The predicted octanol–water partition coefficient (Wildman–Crippen LogP) is 1.96. The zero-order valence-electron chi connectivity index (χ0n) is 8.32. The molecule has 3 nitrogen and oxygen atoms in total. The molecule has 2 N–H and O–H groups in total. The molecule has 0 unspecified atom stereocenters. The molecule has 0 aromatic heterocycles. The number of anilines is 1. The van der Waals surface area contributed by atoms with Gasteiger partial charge in [0, 0.05) is 11.3 Å². The fourth-order valence-electron chi connectivity index (χ4n) is 1.35. The van der Waals surface area contributed by atoms with Gasteiger partial charge < -0.3 is 15.2 Å². The molecule has 1 saturated carbocycles. The summed E-state index contributed by atoms with van der Waals surface area (Å²) in [5.74, 6) is 0.847. The standard InChI is InChI=1S/C11H15NO2/c1-13-11-5-2-9(12)6-8(11)7-14-10-3-4-10/h2,5-6,10H,3-4,7,12H2,1H3. The molecule has 0 heterocycles. The first-order chi connectivity index (χ1) is 6.79. The van der Waals surface area contributed by atoms with Crippen molar-refractivity contribution in [3.8, 4) is 5.75 Å². The van der Waals surface area contributed by atoms with Crippen molar-refractivity contribution < 1.29 is 9.47 Å². The summed E-state index contributed by atoms with van der Waals surface area (Å²) in [4.78, 5) is 0. The average molecular weight is 193 g/mol. The lowest BCUT2D eigenvalue weighted by Crippen LogP contribution is -1.99. The van der Waals surface area contributed by atoms with Gasteiger partial charge in [-0.25, -0.2) is 0 Å². The van der Waals surface area contributed by atoms with Crippen LogP contribution in [0.1, 0.15) is 18.4 Å². The molecular formula is C11H15NO2. The van der Waals surface area contributed by atoms with Gasteiger partial charge in [-0.3, -0.25) is 0 Å². The van der Waals surface area contributed by atoms with Crippen molar-refractivity contribution >= 4 is 5.69 Å². The maximum Gasteiger partial charge on any atom is 0.124 e. The Balaban J connectivity index is 2.07. The molecule has 0 amide bonds. The normalized spacial score (nSPS) is 15.5. The number of methoxy groups -OCH3 is 1. The summed E-state index contributed by atoms with van der Waals surface area (Å²) < 4.78 is 10.8. The molecule has 0 bridgehead atoms. The van der Waals surface area contributed by atoms with Crippen molar-refractivity contribution in [1.82, 2.24) is 0 Å². The van der Waals surface area contributed by atoms with E-state index in [0.717, 1.165) is 17.0 Å². The van der Waals surface area contributed by atoms with Crippen LogP contribution in [0.3, 0.4) is 0 Å². The Morgan fingerprint density at radius 1 is 1.43 bits per heavy atom. The maximum absolute atomic E-state index is 5.69. The van der Waals surface area contributed by atoms with E-state index in [1.165, 1.54) is 12.8 Å². The van der Waals surface area contributed by atoms with Crippen LogP contribution in [0.15, 0.2) is 18.2 Å². The molecule has 0 aliphatic heterocycles. The molecule has 1 aromatic carbocycles. The highest BCUT2D eigenvalue weighted by Crippen LogP contribution is 2.28. The molecule has 0 spiro atoms. The van der Waals surface area contributed by atoms with Crippen LogP contribution in [0.25, 0.3) is 0 Å². The third-order valence-electron chi connectivity index (χ3n) is 2.30. The molecule has 2 rings (SSSR count). The van der Waals surface area contributed by atoms with E-state index in [-0.39, 0.29) is 0 Å². The predicted molar refractivity (Wildman–Crippen MR) is 55.2 cm³/mol. The Bertz CT molecular complexity index is 321. The largest absolute Gasteiger partial charge is 0.496 e. The minimum atomic E-state index is 0.459. The summed E-state index contributed by atoms with van der Waals surface area (Å²) in [6, 6.07) is 5.61. The molecular weight excluding hydrogens is 178 g/mol. The summed E-state index contributed by atoms with van der Waals surface area (Å²) in [6.07, 6.45) is 2.83. The first-order valence-corrected chi connectivity index (χ1v) is 4.83. The van der Waals surface area contributed by atoms with Gasteiger partial charge in [0.1, 0.15) is 5.75 Å². The third-order valence-corrected chi connectivity index (χ3v) is 2.30. The van der Waals surface area contributed by atoms with Gasteiger partial charge in [-0.2, -0.15) is 0 Å². The number of nitrogens with two attached hydrogens (primary N) is 1. The third kappa shape index (κ3) is 2.17. The SMILES string of the molecule is COc1ccc(N)cc1COC1CC1. The fraction of sp³-hybridized carbons (Fsp3) is 0.455. The van der Waals surface area contributed by atoms with Crippen LogP contribution in [0.5, 0.6) is 5.75 Å². The summed E-state index contributed by atoms with van der Waals surface area (Å²) in [5, 5.41) is 0. The lowest BCUT2D eigenvalue weighted by atomic mass is 10.2. The van der Waals surface area contributed by atoms with E-state index in [2.05, 4.69) is 0 Å². The second-order valence-electron chi connectivity index (χ2n) is 3.58. The number of benzene rings is 1. The highest BCUT2D eigenvalue weighted by molar-refractivity contribution is 5.47. The van der Waals surface area contributed by atoms with Crippen LogP contribution in [0.2, 0.25) is 0 Å². The van der Waals surface area contributed by atoms with Crippen LogP contribution in [-0.2, 0) is 11.3 Å². The molecule has 0 saturated heterocycles. The van der Waals surface area contributed by atoms with Gasteiger partial charge in [-0.1, -0.05) is 0 Å². The Kier molecular flexibility index (Phi) is 2.59. The van der Waals surface area contributed by atoms with Gasteiger partial charge in [0.2, 0.25) is 0 Å². The minimum absolute atomic E-state index is 0.459.